The standard InChI is InChI=1S/C18H15ClN2O3/c1-12(14-5-3-7-16(19)9-14)21-17(22)11-24-18(23)15-6-2-4-13(8-15)10-20/h2-9,12H,11H2,1H3,(H,21,22)/t12-/m1/s1. The van der Waals surface area contributed by atoms with E-state index >= 15 is 0 Å². The number of nitrogens with one attached hydrogen (secondary N) is 1. The highest BCUT2D eigenvalue weighted by atomic mass is 35.5. The van der Waals surface area contributed by atoms with Crippen molar-refractivity contribution in [3.8, 4) is 6.07 Å². The first-order valence-electron chi connectivity index (χ1n) is 7.21. The summed E-state index contributed by atoms with van der Waals surface area (Å²) < 4.78 is 4.96. The van der Waals surface area contributed by atoms with Crippen molar-refractivity contribution in [1.29, 1.82) is 5.26 Å². The molecule has 0 saturated heterocycles. The van der Waals surface area contributed by atoms with Crippen LogP contribution in [0, 0.1) is 11.3 Å². The van der Waals surface area contributed by atoms with Crippen LogP contribution in [0.2, 0.25) is 5.02 Å². The number of amides is 1. The van der Waals surface area contributed by atoms with E-state index in [0.717, 1.165) is 5.56 Å². The van der Waals surface area contributed by atoms with Crippen LogP contribution < -0.4 is 5.32 Å². The van der Waals surface area contributed by atoms with Gasteiger partial charge in [0.1, 0.15) is 0 Å². The van der Waals surface area contributed by atoms with Gasteiger partial charge < -0.3 is 10.1 Å². The predicted octanol–water partition coefficient (Wildman–Crippen LogP) is 3.25. The van der Waals surface area contributed by atoms with Crippen LogP contribution in [0.15, 0.2) is 48.5 Å². The summed E-state index contributed by atoms with van der Waals surface area (Å²) in [7, 11) is 0. The summed E-state index contributed by atoms with van der Waals surface area (Å²) in [5, 5.41) is 12.1. The molecule has 1 atom stereocenters. The van der Waals surface area contributed by atoms with Crippen LogP contribution >= 0.6 is 11.6 Å². The Bertz CT molecular complexity index is 799. The van der Waals surface area contributed by atoms with Gasteiger partial charge >= 0.3 is 5.97 Å². The van der Waals surface area contributed by atoms with Crippen molar-refractivity contribution in [2.45, 2.75) is 13.0 Å². The minimum Gasteiger partial charge on any atom is -0.452 e. The number of hydrogen-bond donors (Lipinski definition) is 1. The summed E-state index contributed by atoms with van der Waals surface area (Å²) in [5.74, 6) is -1.08. The van der Waals surface area contributed by atoms with E-state index in [9.17, 15) is 9.59 Å². The largest absolute Gasteiger partial charge is 0.452 e. The van der Waals surface area contributed by atoms with E-state index in [1.807, 2.05) is 19.1 Å². The van der Waals surface area contributed by atoms with Gasteiger partial charge in [0.05, 0.1) is 23.2 Å². The number of halogens is 1. The third kappa shape index (κ3) is 4.83. The van der Waals surface area contributed by atoms with Gasteiger partial charge in [0, 0.05) is 5.02 Å². The molecule has 0 unspecified atom stereocenters. The lowest BCUT2D eigenvalue weighted by Gasteiger charge is -2.14. The van der Waals surface area contributed by atoms with Gasteiger partial charge in [-0.3, -0.25) is 4.79 Å². The Morgan fingerprint density at radius 1 is 1.25 bits per heavy atom. The minimum atomic E-state index is -0.655. The normalized spacial score (nSPS) is 11.2. The van der Waals surface area contributed by atoms with Crippen LogP contribution in [-0.2, 0) is 9.53 Å². The number of carbonyl (C=O) groups excluding carboxylic acids is 2. The van der Waals surface area contributed by atoms with Crippen molar-refractivity contribution in [1.82, 2.24) is 5.32 Å². The molecule has 5 nitrogen and oxygen atoms in total. The summed E-state index contributed by atoms with van der Waals surface area (Å²) in [6.45, 7) is 1.41. The second kappa shape index (κ2) is 8.14. The molecule has 122 valence electrons. The highest BCUT2D eigenvalue weighted by Gasteiger charge is 2.13. The fourth-order valence-corrected chi connectivity index (χ4v) is 2.27. The summed E-state index contributed by atoms with van der Waals surface area (Å²) >= 11 is 5.92. The van der Waals surface area contributed by atoms with Crippen molar-refractivity contribution in [2.75, 3.05) is 6.61 Å². The quantitative estimate of drug-likeness (QED) is 0.846. The van der Waals surface area contributed by atoms with Gasteiger partial charge in [-0.25, -0.2) is 4.79 Å². The highest BCUT2D eigenvalue weighted by molar-refractivity contribution is 6.30. The van der Waals surface area contributed by atoms with Crippen molar-refractivity contribution < 1.29 is 14.3 Å². The average Bonchev–Trinajstić information content (AvgIpc) is 2.59. The molecule has 0 saturated carbocycles. The van der Waals surface area contributed by atoms with E-state index in [4.69, 9.17) is 21.6 Å². The van der Waals surface area contributed by atoms with Crippen molar-refractivity contribution >= 4 is 23.5 Å². The van der Waals surface area contributed by atoms with Crippen LogP contribution in [0.5, 0.6) is 0 Å². The van der Waals surface area contributed by atoms with Crippen LogP contribution in [0.3, 0.4) is 0 Å². The summed E-state index contributed by atoms with van der Waals surface area (Å²) in [5.41, 5.74) is 1.43. The third-order valence-electron chi connectivity index (χ3n) is 3.29. The van der Waals surface area contributed by atoms with Gasteiger partial charge in [0.25, 0.3) is 5.91 Å². The van der Waals surface area contributed by atoms with E-state index in [0.29, 0.717) is 10.6 Å². The molecule has 0 heterocycles. The molecule has 2 rings (SSSR count). The summed E-state index contributed by atoms with van der Waals surface area (Å²) in [4.78, 5) is 23.8. The Labute approximate surface area is 144 Å². The zero-order valence-electron chi connectivity index (χ0n) is 13.0. The second-order valence-corrected chi connectivity index (χ2v) is 5.55. The molecule has 0 bridgehead atoms. The molecule has 0 aliphatic heterocycles. The Hall–Kier alpha value is -2.84. The molecule has 0 aromatic heterocycles. The fraction of sp³-hybridized carbons (Fsp3) is 0.167. The van der Waals surface area contributed by atoms with Gasteiger partial charge in [-0.15, -0.1) is 0 Å². The number of nitrogens with zero attached hydrogens (tertiary/aromatic N) is 1. The summed E-state index contributed by atoms with van der Waals surface area (Å²) in [6, 6.07) is 14.9. The molecule has 0 fully saturated rings. The third-order valence-corrected chi connectivity index (χ3v) is 3.52. The van der Waals surface area contributed by atoms with Crippen LogP contribution in [-0.4, -0.2) is 18.5 Å². The lowest BCUT2D eigenvalue weighted by molar-refractivity contribution is -0.124. The average molecular weight is 343 g/mol. The minimum absolute atomic E-state index is 0.227. The monoisotopic (exact) mass is 342 g/mol. The maximum absolute atomic E-state index is 11.9. The lowest BCUT2D eigenvalue weighted by atomic mass is 10.1. The SMILES string of the molecule is C[C@@H](NC(=O)COC(=O)c1cccc(C#N)c1)c1cccc(Cl)c1. The smallest absolute Gasteiger partial charge is 0.338 e. The highest BCUT2D eigenvalue weighted by Crippen LogP contribution is 2.17. The van der Waals surface area contributed by atoms with Gasteiger partial charge in [-0.05, 0) is 42.8 Å². The first kappa shape index (κ1) is 17.5. The number of benzene rings is 2. The van der Waals surface area contributed by atoms with Crippen molar-refractivity contribution in [3.05, 3.63) is 70.2 Å². The molecule has 0 spiro atoms. The van der Waals surface area contributed by atoms with E-state index < -0.39 is 18.5 Å². The van der Waals surface area contributed by atoms with Gasteiger partial charge in [0.15, 0.2) is 6.61 Å². The number of esters is 1. The number of rotatable bonds is 5. The van der Waals surface area contributed by atoms with Crippen molar-refractivity contribution in [3.63, 3.8) is 0 Å². The zero-order chi connectivity index (χ0) is 17.5. The Morgan fingerprint density at radius 2 is 2.00 bits per heavy atom. The molecular formula is C18H15ClN2O3. The summed E-state index contributed by atoms with van der Waals surface area (Å²) in [6.07, 6.45) is 0. The van der Waals surface area contributed by atoms with Gasteiger partial charge in [-0.1, -0.05) is 29.8 Å². The lowest BCUT2D eigenvalue weighted by Crippen LogP contribution is -2.31. The van der Waals surface area contributed by atoms with Crippen LogP contribution in [0.25, 0.3) is 0 Å². The number of ether oxygens (including phenoxy) is 1. The van der Waals surface area contributed by atoms with E-state index in [1.54, 1.807) is 30.3 Å². The molecule has 2 aromatic carbocycles. The molecule has 0 radical (unpaired) electrons. The Morgan fingerprint density at radius 3 is 2.71 bits per heavy atom. The van der Waals surface area contributed by atoms with Gasteiger partial charge in [0.2, 0.25) is 0 Å². The number of carbonyl (C=O) groups is 2. The number of hydrogen-bond acceptors (Lipinski definition) is 4. The first-order chi connectivity index (χ1) is 11.5. The van der Waals surface area contributed by atoms with Crippen LogP contribution in [0.4, 0.5) is 0 Å². The molecule has 1 N–H and O–H groups in total. The Balaban J connectivity index is 1.88. The molecule has 0 aliphatic rings. The van der Waals surface area contributed by atoms with E-state index in [2.05, 4.69) is 5.32 Å². The van der Waals surface area contributed by atoms with E-state index in [-0.39, 0.29) is 11.6 Å². The Kier molecular flexibility index (Phi) is 5.94. The first-order valence-corrected chi connectivity index (χ1v) is 7.59. The maximum Gasteiger partial charge on any atom is 0.338 e. The molecular weight excluding hydrogens is 328 g/mol. The van der Waals surface area contributed by atoms with E-state index in [1.165, 1.54) is 12.1 Å². The maximum atomic E-state index is 11.9. The second-order valence-electron chi connectivity index (χ2n) is 5.11. The fourth-order valence-electron chi connectivity index (χ4n) is 2.07. The molecule has 0 aliphatic carbocycles. The van der Waals surface area contributed by atoms with Gasteiger partial charge in [-0.2, -0.15) is 5.26 Å². The molecule has 24 heavy (non-hydrogen) atoms. The van der Waals surface area contributed by atoms with Crippen LogP contribution in [0.1, 0.15) is 34.5 Å². The topological polar surface area (TPSA) is 79.2 Å². The molecule has 1 amide bonds. The molecule has 2 aromatic rings. The predicted molar refractivity (Wildman–Crippen MR) is 89.4 cm³/mol. The number of nitriles is 1. The zero-order valence-corrected chi connectivity index (χ0v) is 13.7. The molecule has 6 heteroatoms. The van der Waals surface area contributed by atoms with Crippen molar-refractivity contribution in [2.24, 2.45) is 0 Å².